The van der Waals surface area contributed by atoms with Gasteiger partial charge in [-0.15, -0.1) is 0 Å². The fourth-order valence-corrected chi connectivity index (χ4v) is 3.72. The lowest BCUT2D eigenvalue weighted by Crippen LogP contribution is -2.54. The third-order valence-corrected chi connectivity index (χ3v) is 4.87. The number of amides is 4. The van der Waals surface area contributed by atoms with Gasteiger partial charge in [0.15, 0.2) is 0 Å². The van der Waals surface area contributed by atoms with Crippen LogP contribution in [0.1, 0.15) is 39.0 Å². The van der Waals surface area contributed by atoms with E-state index in [1.165, 1.54) is 0 Å². The molecular weight excluding hydrogens is 260 g/mol. The quantitative estimate of drug-likeness (QED) is 0.732. The number of fused-ring (bicyclic) bond motifs is 1. The molecule has 108 valence electrons. The molecule has 3 atom stereocenters. The molecule has 6 heteroatoms. The van der Waals surface area contributed by atoms with Crippen molar-refractivity contribution in [1.29, 1.82) is 0 Å². The Morgan fingerprint density at radius 2 is 1.70 bits per heavy atom. The van der Waals surface area contributed by atoms with Gasteiger partial charge in [-0.05, 0) is 25.2 Å². The minimum atomic E-state index is -0.793. The third kappa shape index (κ3) is 1.85. The van der Waals surface area contributed by atoms with Gasteiger partial charge in [-0.1, -0.05) is 13.3 Å². The van der Waals surface area contributed by atoms with Crippen LogP contribution in [0.25, 0.3) is 0 Å². The summed E-state index contributed by atoms with van der Waals surface area (Å²) in [6.07, 6.45) is 2.90. The van der Waals surface area contributed by atoms with Gasteiger partial charge in [-0.3, -0.25) is 29.4 Å². The van der Waals surface area contributed by atoms with Gasteiger partial charge in [0.2, 0.25) is 23.6 Å². The topological polar surface area (TPSA) is 83.6 Å². The molecule has 3 rings (SSSR count). The van der Waals surface area contributed by atoms with Crippen LogP contribution in [0.4, 0.5) is 0 Å². The first kappa shape index (κ1) is 13.3. The van der Waals surface area contributed by atoms with Crippen LogP contribution in [0.5, 0.6) is 0 Å². The maximum atomic E-state index is 12.4. The summed E-state index contributed by atoms with van der Waals surface area (Å²) in [6.45, 7) is 2.07. The van der Waals surface area contributed by atoms with Crippen molar-refractivity contribution in [3.05, 3.63) is 0 Å². The van der Waals surface area contributed by atoms with E-state index in [0.29, 0.717) is 5.92 Å². The molecule has 0 aromatic rings. The largest absolute Gasteiger partial charge is 0.295 e. The van der Waals surface area contributed by atoms with Crippen molar-refractivity contribution < 1.29 is 19.2 Å². The van der Waals surface area contributed by atoms with Crippen molar-refractivity contribution in [3.8, 4) is 0 Å². The van der Waals surface area contributed by atoms with Gasteiger partial charge in [-0.2, -0.15) is 0 Å². The number of hydrogen-bond acceptors (Lipinski definition) is 4. The summed E-state index contributed by atoms with van der Waals surface area (Å²) in [6, 6.07) is -0.793. The van der Waals surface area contributed by atoms with Crippen molar-refractivity contribution in [2.75, 3.05) is 0 Å². The van der Waals surface area contributed by atoms with Crippen molar-refractivity contribution in [2.24, 2.45) is 17.8 Å². The summed E-state index contributed by atoms with van der Waals surface area (Å²) >= 11 is 0. The van der Waals surface area contributed by atoms with E-state index in [1.54, 1.807) is 0 Å². The number of piperidine rings is 1. The zero-order valence-electron chi connectivity index (χ0n) is 11.4. The molecule has 3 fully saturated rings. The standard InChI is InChI=1S/C14H18N2O4/c1-2-7-5-8-9(6-7)14(20)16(13(8)19)10-3-4-11(17)15-12(10)18/h7-10H,2-6H2,1H3,(H,15,17,18). The SMILES string of the molecule is CCC1CC2C(=O)N(C3CCC(=O)NC3=O)C(=O)C2C1. The molecule has 0 aromatic heterocycles. The van der Waals surface area contributed by atoms with Crippen LogP contribution in [0.15, 0.2) is 0 Å². The molecule has 6 nitrogen and oxygen atoms in total. The van der Waals surface area contributed by atoms with E-state index in [2.05, 4.69) is 12.2 Å². The molecule has 3 aliphatic rings. The number of carbonyl (C=O) groups excluding carboxylic acids is 4. The number of nitrogens with zero attached hydrogens (tertiary/aromatic N) is 1. The molecule has 3 unspecified atom stereocenters. The molecule has 1 aliphatic carbocycles. The molecule has 4 amide bonds. The molecule has 1 saturated carbocycles. The number of carbonyl (C=O) groups is 4. The van der Waals surface area contributed by atoms with Crippen LogP contribution < -0.4 is 5.32 Å². The van der Waals surface area contributed by atoms with Crippen LogP contribution in [0.3, 0.4) is 0 Å². The first-order valence-electron chi connectivity index (χ1n) is 7.23. The van der Waals surface area contributed by atoms with Crippen molar-refractivity contribution >= 4 is 23.6 Å². The molecule has 0 aromatic carbocycles. The maximum Gasteiger partial charge on any atom is 0.249 e. The summed E-state index contributed by atoms with van der Waals surface area (Å²) in [5.74, 6) is -1.36. The van der Waals surface area contributed by atoms with Crippen LogP contribution in [0.2, 0.25) is 0 Å². The Hall–Kier alpha value is -1.72. The summed E-state index contributed by atoms with van der Waals surface area (Å²) in [5.41, 5.74) is 0. The van der Waals surface area contributed by atoms with Gasteiger partial charge < -0.3 is 0 Å². The van der Waals surface area contributed by atoms with Gasteiger partial charge in [0, 0.05) is 6.42 Å². The molecule has 1 N–H and O–H groups in total. The van der Waals surface area contributed by atoms with Crippen LogP contribution in [0, 0.1) is 17.8 Å². The fourth-order valence-electron chi connectivity index (χ4n) is 3.72. The second kappa shape index (κ2) is 4.68. The molecule has 0 spiro atoms. The van der Waals surface area contributed by atoms with E-state index in [9.17, 15) is 19.2 Å². The van der Waals surface area contributed by atoms with Gasteiger partial charge in [-0.25, -0.2) is 0 Å². The lowest BCUT2D eigenvalue weighted by molar-refractivity contribution is -0.152. The maximum absolute atomic E-state index is 12.4. The van der Waals surface area contributed by atoms with E-state index in [4.69, 9.17) is 0 Å². The highest BCUT2D eigenvalue weighted by atomic mass is 16.2. The molecule has 2 saturated heterocycles. The highest BCUT2D eigenvalue weighted by Gasteiger charge is 2.55. The zero-order valence-corrected chi connectivity index (χ0v) is 11.4. The van der Waals surface area contributed by atoms with E-state index in [1.807, 2.05) is 0 Å². The molecule has 0 radical (unpaired) electrons. The Kier molecular flexibility index (Phi) is 3.11. The Morgan fingerprint density at radius 1 is 1.10 bits per heavy atom. The Morgan fingerprint density at radius 3 is 2.20 bits per heavy atom. The van der Waals surface area contributed by atoms with Crippen LogP contribution in [-0.2, 0) is 19.2 Å². The molecular formula is C14H18N2O4. The Labute approximate surface area is 116 Å². The normalized spacial score (nSPS) is 37.4. The Bertz CT molecular complexity index is 477. The van der Waals surface area contributed by atoms with E-state index < -0.39 is 11.9 Å². The third-order valence-electron chi connectivity index (χ3n) is 4.87. The van der Waals surface area contributed by atoms with Crippen molar-refractivity contribution in [3.63, 3.8) is 0 Å². The number of hydrogen-bond donors (Lipinski definition) is 1. The minimum Gasteiger partial charge on any atom is -0.295 e. The molecule has 20 heavy (non-hydrogen) atoms. The number of imide groups is 2. The van der Waals surface area contributed by atoms with Crippen LogP contribution in [-0.4, -0.2) is 34.6 Å². The number of nitrogens with one attached hydrogen (secondary N) is 1. The van der Waals surface area contributed by atoms with Gasteiger partial charge in [0.1, 0.15) is 6.04 Å². The predicted molar refractivity (Wildman–Crippen MR) is 68.0 cm³/mol. The first-order valence-corrected chi connectivity index (χ1v) is 7.23. The van der Waals surface area contributed by atoms with Gasteiger partial charge in [0.05, 0.1) is 11.8 Å². The summed E-state index contributed by atoms with van der Waals surface area (Å²) in [4.78, 5) is 49.0. The van der Waals surface area contributed by atoms with Crippen molar-refractivity contribution in [2.45, 2.75) is 45.1 Å². The summed E-state index contributed by atoms with van der Waals surface area (Å²) in [7, 11) is 0. The van der Waals surface area contributed by atoms with Gasteiger partial charge in [0.25, 0.3) is 0 Å². The highest BCUT2D eigenvalue weighted by Crippen LogP contribution is 2.45. The first-order chi connectivity index (χ1) is 9.52. The Balaban J connectivity index is 1.80. The lowest BCUT2D eigenvalue weighted by atomic mass is 10.00. The smallest absolute Gasteiger partial charge is 0.249 e. The lowest BCUT2D eigenvalue weighted by Gasteiger charge is -2.29. The van der Waals surface area contributed by atoms with Crippen LogP contribution >= 0.6 is 0 Å². The second-order valence-electron chi connectivity index (χ2n) is 5.97. The highest BCUT2D eigenvalue weighted by molar-refractivity contribution is 6.10. The summed E-state index contributed by atoms with van der Waals surface area (Å²) < 4.78 is 0. The molecule has 2 aliphatic heterocycles. The number of likely N-dealkylation sites (tertiary alicyclic amines) is 1. The van der Waals surface area contributed by atoms with E-state index >= 15 is 0 Å². The minimum absolute atomic E-state index is 0.181. The van der Waals surface area contributed by atoms with E-state index in [0.717, 1.165) is 24.2 Å². The molecule has 0 bridgehead atoms. The zero-order chi connectivity index (χ0) is 14.4. The van der Waals surface area contributed by atoms with Gasteiger partial charge >= 0.3 is 0 Å². The fraction of sp³-hybridized carbons (Fsp3) is 0.714. The average Bonchev–Trinajstić information content (AvgIpc) is 2.93. The van der Waals surface area contributed by atoms with Crippen molar-refractivity contribution in [1.82, 2.24) is 10.2 Å². The average molecular weight is 278 g/mol. The number of rotatable bonds is 2. The monoisotopic (exact) mass is 278 g/mol. The van der Waals surface area contributed by atoms with E-state index in [-0.39, 0.29) is 42.4 Å². The predicted octanol–water partition coefficient (Wildman–Crippen LogP) is 0.213. The molecule has 2 heterocycles. The summed E-state index contributed by atoms with van der Waals surface area (Å²) in [5, 5.41) is 2.21. The second-order valence-corrected chi connectivity index (χ2v) is 5.97.